The third-order valence-corrected chi connectivity index (χ3v) is 2.82. The summed E-state index contributed by atoms with van der Waals surface area (Å²) in [4.78, 5) is 15.5. The highest BCUT2D eigenvalue weighted by molar-refractivity contribution is 5.77. The SMILES string of the molecule is CC(C)CCNC(=O)CN[C@H](C)c1ccncc1. The molecule has 1 heterocycles. The highest BCUT2D eigenvalue weighted by Gasteiger charge is 2.07. The van der Waals surface area contributed by atoms with Crippen LogP contribution in [-0.2, 0) is 4.79 Å². The Labute approximate surface area is 109 Å². The Bertz CT molecular complexity index is 351. The molecule has 0 radical (unpaired) electrons. The van der Waals surface area contributed by atoms with E-state index in [0.29, 0.717) is 12.5 Å². The minimum atomic E-state index is 0.0524. The number of pyridine rings is 1. The number of nitrogens with one attached hydrogen (secondary N) is 2. The molecule has 0 spiro atoms. The van der Waals surface area contributed by atoms with Crippen LogP contribution in [0.15, 0.2) is 24.5 Å². The monoisotopic (exact) mass is 249 g/mol. The summed E-state index contributed by atoms with van der Waals surface area (Å²) in [7, 11) is 0. The first kappa shape index (κ1) is 14.6. The zero-order valence-electron chi connectivity index (χ0n) is 11.4. The fourth-order valence-electron chi connectivity index (χ4n) is 1.58. The van der Waals surface area contributed by atoms with Crippen molar-refractivity contribution in [2.45, 2.75) is 33.2 Å². The Morgan fingerprint density at radius 1 is 1.28 bits per heavy atom. The van der Waals surface area contributed by atoms with E-state index in [-0.39, 0.29) is 11.9 Å². The van der Waals surface area contributed by atoms with Crippen molar-refractivity contribution >= 4 is 5.91 Å². The highest BCUT2D eigenvalue weighted by Crippen LogP contribution is 2.09. The summed E-state index contributed by atoms with van der Waals surface area (Å²) in [5.41, 5.74) is 1.14. The molecule has 0 aliphatic carbocycles. The van der Waals surface area contributed by atoms with E-state index in [9.17, 15) is 4.79 Å². The second-order valence-electron chi connectivity index (χ2n) is 4.92. The lowest BCUT2D eigenvalue weighted by Crippen LogP contribution is -2.35. The van der Waals surface area contributed by atoms with Gasteiger partial charge in [-0.2, -0.15) is 0 Å². The van der Waals surface area contributed by atoms with Crippen LogP contribution in [0.25, 0.3) is 0 Å². The van der Waals surface area contributed by atoms with E-state index in [1.165, 1.54) is 0 Å². The zero-order valence-corrected chi connectivity index (χ0v) is 11.4. The molecule has 0 bridgehead atoms. The third-order valence-electron chi connectivity index (χ3n) is 2.82. The topological polar surface area (TPSA) is 54.0 Å². The Hall–Kier alpha value is -1.42. The summed E-state index contributed by atoms with van der Waals surface area (Å²) >= 11 is 0. The first-order valence-corrected chi connectivity index (χ1v) is 6.49. The maximum Gasteiger partial charge on any atom is 0.233 e. The molecule has 1 rings (SSSR count). The Morgan fingerprint density at radius 2 is 1.94 bits per heavy atom. The standard InChI is InChI=1S/C14H23N3O/c1-11(2)4-9-16-14(18)10-17-12(3)13-5-7-15-8-6-13/h5-8,11-12,17H,4,9-10H2,1-3H3,(H,16,18)/t12-/m1/s1. The molecule has 4 nitrogen and oxygen atoms in total. The van der Waals surface area contributed by atoms with Crippen LogP contribution >= 0.6 is 0 Å². The van der Waals surface area contributed by atoms with Crippen molar-refractivity contribution in [2.75, 3.05) is 13.1 Å². The van der Waals surface area contributed by atoms with Crippen molar-refractivity contribution < 1.29 is 4.79 Å². The summed E-state index contributed by atoms with van der Waals surface area (Å²) < 4.78 is 0. The van der Waals surface area contributed by atoms with E-state index in [0.717, 1.165) is 18.5 Å². The smallest absolute Gasteiger partial charge is 0.233 e. The van der Waals surface area contributed by atoms with Gasteiger partial charge in [0, 0.05) is 25.0 Å². The number of hydrogen-bond acceptors (Lipinski definition) is 3. The molecule has 4 heteroatoms. The molecule has 0 unspecified atom stereocenters. The lowest BCUT2D eigenvalue weighted by Gasteiger charge is -2.14. The molecule has 0 saturated heterocycles. The molecule has 2 N–H and O–H groups in total. The van der Waals surface area contributed by atoms with Crippen LogP contribution < -0.4 is 10.6 Å². The van der Waals surface area contributed by atoms with Gasteiger partial charge in [0.15, 0.2) is 0 Å². The van der Waals surface area contributed by atoms with Crippen molar-refractivity contribution in [3.63, 3.8) is 0 Å². The average Bonchev–Trinajstić information content (AvgIpc) is 2.36. The molecular weight excluding hydrogens is 226 g/mol. The first-order valence-electron chi connectivity index (χ1n) is 6.49. The van der Waals surface area contributed by atoms with Gasteiger partial charge < -0.3 is 10.6 Å². The van der Waals surface area contributed by atoms with Gasteiger partial charge in [-0.25, -0.2) is 0 Å². The molecule has 0 aromatic carbocycles. The minimum Gasteiger partial charge on any atom is -0.355 e. The number of carbonyl (C=O) groups is 1. The number of carbonyl (C=O) groups excluding carboxylic acids is 1. The molecule has 0 aliphatic rings. The quantitative estimate of drug-likeness (QED) is 0.776. The molecule has 100 valence electrons. The molecule has 18 heavy (non-hydrogen) atoms. The maximum absolute atomic E-state index is 11.6. The molecule has 1 amide bonds. The average molecular weight is 249 g/mol. The van der Waals surface area contributed by atoms with Crippen LogP contribution in [0.3, 0.4) is 0 Å². The zero-order chi connectivity index (χ0) is 13.4. The summed E-state index contributed by atoms with van der Waals surface area (Å²) in [6, 6.07) is 4.06. The van der Waals surface area contributed by atoms with Crippen molar-refractivity contribution in [1.29, 1.82) is 0 Å². The van der Waals surface area contributed by atoms with E-state index >= 15 is 0 Å². The van der Waals surface area contributed by atoms with Crippen LogP contribution in [0.2, 0.25) is 0 Å². The summed E-state index contributed by atoms with van der Waals surface area (Å²) in [5.74, 6) is 0.672. The second-order valence-corrected chi connectivity index (χ2v) is 4.92. The van der Waals surface area contributed by atoms with Crippen molar-refractivity contribution in [3.8, 4) is 0 Å². The maximum atomic E-state index is 11.6. The van der Waals surface area contributed by atoms with Gasteiger partial charge in [-0.3, -0.25) is 9.78 Å². The number of aromatic nitrogens is 1. The van der Waals surface area contributed by atoms with Gasteiger partial charge in [-0.15, -0.1) is 0 Å². The lowest BCUT2D eigenvalue weighted by molar-refractivity contribution is -0.120. The predicted molar refractivity (Wildman–Crippen MR) is 73.1 cm³/mol. The summed E-state index contributed by atoms with van der Waals surface area (Å²) in [6.07, 6.45) is 4.54. The van der Waals surface area contributed by atoms with Crippen LogP contribution in [0.4, 0.5) is 0 Å². The molecule has 1 atom stereocenters. The first-order chi connectivity index (χ1) is 8.59. The van der Waals surface area contributed by atoms with Gasteiger partial charge in [0.05, 0.1) is 6.54 Å². The second kappa shape index (κ2) is 7.82. The van der Waals surface area contributed by atoms with Gasteiger partial charge in [0.1, 0.15) is 0 Å². The van der Waals surface area contributed by atoms with Crippen molar-refractivity contribution in [1.82, 2.24) is 15.6 Å². The number of hydrogen-bond donors (Lipinski definition) is 2. The lowest BCUT2D eigenvalue weighted by atomic mass is 10.1. The summed E-state index contributed by atoms with van der Waals surface area (Å²) in [6.45, 7) is 7.44. The van der Waals surface area contributed by atoms with Crippen molar-refractivity contribution in [2.24, 2.45) is 5.92 Å². The Balaban J connectivity index is 2.22. The van der Waals surface area contributed by atoms with E-state index in [2.05, 4.69) is 29.5 Å². The van der Waals surface area contributed by atoms with Crippen LogP contribution in [-0.4, -0.2) is 24.0 Å². The Kier molecular flexibility index (Phi) is 6.36. The summed E-state index contributed by atoms with van der Waals surface area (Å²) in [5, 5.41) is 6.10. The third kappa shape index (κ3) is 5.77. The van der Waals surface area contributed by atoms with E-state index < -0.39 is 0 Å². The molecule has 1 aromatic heterocycles. The molecule has 0 fully saturated rings. The molecular formula is C14H23N3O. The molecule has 0 aliphatic heterocycles. The van der Waals surface area contributed by atoms with E-state index in [4.69, 9.17) is 0 Å². The van der Waals surface area contributed by atoms with Gasteiger partial charge in [-0.1, -0.05) is 13.8 Å². The fraction of sp³-hybridized carbons (Fsp3) is 0.571. The Morgan fingerprint density at radius 3 is 2.56 bits per heavy atom. The van der Waals surface area contributed by atoms with E-state index in [1.807, 2.05) is 19.1 Å². The van der Waals surface area contributed by atoms with Crippen LogP contribution in [0, 0.1) is 5.92 Å². The van der Waals surface area contributed by atoms with Crippen LogP contribution in [0.1, 0.15) is 38.8 Å². The van der Waals surface area contributed by atoms with E-state index in [1.54, 1.807) is 12.4 Å². The fourth-order valence-corrected chi connectivity index (χ4v) is 1.58. The predicted octanol–water partition coefficient (Wildman–Crippen LogP) is 1.89. The molecule has 0 saturated carbocycles. The largest absolute Gasteiger partial charge is 0.355 e. The van der Waals surface area contributed by atoms with Gasteiger partial charge in [-0.05, 0) is 37.0 Å². The molecule has 1 aromatic rings. The van der Waals surface area contributed by atoms with Gasteiger partial charge in [0.2, 0.25) is 5.91 Å². The normalized spacial score (nSPS) is 12.4. The van der Waals surface area contributed by atoms with Gasteiger partial charge >= 0.3 is 0 Å². The number of amides is 1. The van der Waals surface area contributed by atoms with Crippen molar-refractivity contribution in [3.05, 3.63) is 30.1 Å². The minimum absolute atomic E-state index is 0.0524. The van der Waals surface area contributed by atoms with Gasteiger partial charge in [0.25, 0.3) is 0 Å². The van der Waals surface area contributed by atoms with Crippen LogP contribution in [0.5, 0.6) is 0 Å². The number of nitrogens with zero attached hydrogens (tertiary/aromatic N) is 1. The highest BCUT2D eigenvalue weighted by atomic mass is 16.1. The number of rotatable bonds is 7.